The van der Waals surface area contributed by atoms with Gasteiger partial charge in [0.25, 0.3) is 0 Å². The predicted molar refractivity (Wildman–Crippen MR) is 94.6 cm³/mol. The minimum atomic E-state index is -0.438. The van der Waals surface area contributed by atoms with Gasteiger partial charge in [0, 0.05) is 25.9 Å². The van der Waals surface area contributed by atoms with Crippen LogP contribution in [0.4, 0.5) is 0 Å². The molecular formula is C21H25NO2. The molecule has 0 saturated carbocycles. The van der Waals surface area contributed by atoms with E-state index >= 15 is 0 Å². The molecule has 0 bridgehead atoms. The maximum Gasteiger partial charge on any atom is 0.172 e. The molecule has 0 aliphatic carbocycles. The second-order valence-electron chi connectivity index (χ2n) is 6.74. The van der Waals surface area contributed by atoms with E-state index in [1.165, 1.54) is 11.1 Å². The average Bonchev–Trinajstić information content (AvgIpc) is 3.03. The Morgan fingerprint density at radius 2 is 1.29 bits per heavy atom. The van der Waals surface area contributed by atoms with E-state index in [9.17, 15) is 0 Å². The molecule has 3 nitrogen and oxygen atoms in total. The zero-order valence-electron chi connectivity index (χ0n) is 14.2. The first-order chi connectivity index (χ1) is 11.8. The van der Waals surface area contributed by atoms with E-state index in [1.807, 2.05) is 12.1 Å². The number of hydrogen-bond donors (Lipinski definition) is 0. The fraction of sp³-hybridized carbons (Fsp3) is 0.429. The molecule has 3 heteroatoms. The van der Waals surface area contributed by atoms with Gasteiger partial charge in [-0.05, 0) is 17.7 Å². The van der Waals surface area contributed by atoms with Crippen molar-refractivity contribution in [1.82, 2.24) is 4.90 Å². The maximum absolute atomic E-state index is 6.59. The summed E-state index contributed by atoms with van der Waals surface area (Å²) in [7, 11) is 0. The number of hydrogen-bond acceptors (Lipinski definition) is 3. The molecule has 0 amide bonds. The number of likely N-dealkylation sites (tertiary alicyclic amines) is 1. The van der Waals surface area contributed by atoms with Crippen molar-refractivity contribution in [2.24, 2.45) is 0 Å². The van der Waals surface area contributed by atoms with E-state index in [2.05, 4.69) is 60.4 Å². The lowest BCUT2D eigenvalue weighted by Crippen LogP contribution is -2.45. The molecule has 0 radical (unpaired) electrons. The predicted octanol–water partition coefficient (Wildman–Crippen LogP) is 4.33. The van der Waals surface area contributed by atoms with Crippen LogP contribution in [0.3, 0.4) is 0 Å². The SMILES string of the molecule is CCN1CCC2(CC1)O[C@H](c1ccccc1)[C@@H](c1ccccc1)O2. The second kappa shape index (κ2) is 6.67. The van der Waals surface area contributed by atoms with E-state index < -0.39 is 5.79 Å². The number of nitrogens with zero attached hydrogens (tertiary/aromatic N) is 1. The zero-order valence-corrected chi connectivity index (χ0v) is 14.2. The van der Waals surface area contributed by atoms with Gasteiger partial charge < -0.3 is 14.4 Å². The van der Waals surface area contributed by atoms with Crippen LogP contribution in [-0.4, -0.2) is 30.3 Å². The van der Waals surface area contributed by atoms with Crippen molar-refractivity contribution in [2.45, 2.75) is 37.8 Å². The third kappa shape index (κ3) is 3.00. The Morgan fingerprint density at radius 1 is 0.833 bits per heavy atom. The van der Waals surface area contributed by atoms with Crippen molar-refractivity contribution in [2.75, 3.05) is 19.6 Å². The van der Waals surface area contributed by atoms with Gasteiger partial charge >= 0.3 is 0 Å². The molecule has 2 fully saturated rings. The van der Waals surface area contributed by atoms with Gasteiger partial charge in [-0.15, -0.1) is 0 Å². The molecule has 2 aliphatic rings. The van der Waals surface area contributed by atoms with E-state index in [1.54, 1.807) is 0 Å². The van der Waals surface area contributed by atoms with Crippen molar-refractivity contribution in [3.8, 4) is 0 Å². The molecule has 0 aromatic heterocycles. The molecule has 1 spiro atoms. The Hall–Kier alpha value is -1.68. The number of piperidine rings is 1. The quantitative estimate of drug-likeness (QED) is 0.839. The van der Waals surface area contributed by atoms with E-state index in [-0.39, 0.29) is 12.2 Å². The second-order valence-corrected chi connectivity index (χ2v) is 6.74. The summed E-state index contributed by atoms with van der Waals surface area (Å²) in [6, 6.07) is 21.0. The third-order valence-corrected chi connectivity index (χ3v) is 5.28. The van der Waals surface area contributed by atoms with Gasteiger partial charge in [0.05, 0.1) is 0 Å². The summed E-state index contributed by atoms with van der Waals surface area (Å²) >= 11 is 0. The standard InChI is InChI=1S/C21H25NO2/c1-2-22-15-13-21(14-16-22)23-19(17-9-5-3-6-10-17)20(24-21)18-11-7-4-8-12-18/h3-12,19-20H,2,13-16H2,1H3/t19-,20-/m1/s1. The molecule has 2 heterocycles. The first kappa shape index (κ1) is 15.8. The Labute approximate surface area is 144 Å². The van der Waals surface area contributed by atoms with Gasteiger partial charge in [0.1, 0.15) is 12.2 Å². The van der Waals surface area contributed by atoms with Gasteiger partial charge in [0.2, 0.25) is 0 Å². The van der Waals surface area contributed by atoms with E-state index in [0.29, 0.717) is 0 Å². The molecule has 0 N–H and O–H groups in total. The van der Waals surface area contributed by atoms with Crippen LogP contribution in [0.2, 0.25) is 0 Å². The summed E-state index contributed by atoms with van der Waals surface area (Å²) < 4.78 is 13.2. The average molecular weight is 323 g/mol. The molecule has 2 aromatic rings. The summed E-state index contributed by atoms with van der Waals surface area (Å²) in [5.74, 6) is -0.438. The lowest BCUT2D eigenvalue weighted by molar-refractivity contribution is -0.202. The topological polar surface area (TPSA) is 21.7 Å². The van der Waals surface area contributed by atoms with Crippen molar-refractivity contribution in [1.29, 1.82) is 0 Å². The lowest BCUT2D eigenvalue weighted by Gasteiger charge is -2.37. The normalized spacial score (nSPS) is 26.7. The fourth-order valence-electron chi connectivity index (χ4n) is 3.83. The van der Waals surface area contributed by atoms with Gasteiger partial charge in [-0.1, -0.05) is 67.6 Å². The van der Waals surface area contributed by atoms with Crippen LogP contribution >= 0.6 is 0 Å². The molecule has 126 valence electrons. The molecular weight excluding hydrogens is 298 g/mol. The van der Waals surface area contributed by atoms with Crippen LogP contribution < -0.4 is 0 Å². The Kier molecular flexibility index (Phi) is 4.40. The van der Waals surface area contributed by atoms with Crippen molar-refractivity contribution >= 4 is 0 Å². The van der Waals surface area contributed by atoms with Crippen molar-refractivity contribution < 1.29 is 9.47 Å². The minimum Gasteiger partial charge on any atom is -0.339 e. The highest BCUT2D eigenvalue weighted by molar-refractivity contribution is 5.26. The number of rotatable bonds is 3. The monoisotopic (exact) mass is 323 g/mol. The Bertz CT molecular complexity index is 601. The smallest absolute Gasteiger partial charge is 0.172 e. The zero-order chi connectivity index (χ0) is 16.4. The highest BCUT2D eigenvalue weighted by Crippen LogP contribution is 2.50. The van der Waals surface area contributed by atoms with E-state index in [0.717, 1.165) is 32.5 Å². The van der Waals surface area contributed by atoms with Crippen molar-refractivity contribution in [3.63, 3.8) is 0 Å². The summed E-state index contributed by atoms with van der Waals surface area (Å²) in [6.07, 6.45) is 1.80. The first-order valence-electron chi connectivity index (χ1n) is 8.97. The molecule has 0 unspecified atom stereocenters. The molecule has 2 atom stereocenters. The van der Waals surface area contributed by atoms with Gasteiger partial charge in [-0.25, -0.2) is 0 Å². The lowest BCUT2D eigenvalue weighted by atomic mass is 9.99. The maximum atomic E-state index is 6.59. The van der Waals surface area contributed by atoms with Gasteiger partial charge in [0.15, 0.2) is 5.79 Å². The number of benzene rings is 2. The molecule has 2 saturated heterocycles. The highest BCUT2D eigenvalue weighted by atomic mass is 16.8. The third-order valence-electron chi connectivity index (χ3n) is 5.28. The Morgan fingerprint density at radius 3 is 1.71 bits per heavy atom. The van der Waals surface area contributed by atoms with Gasteiger partial charge in [-0.3, -0.25) is 0 Å². The van der Waals surface area contributed by atoms with Crippen LogP contribution in [0.1, 0.15) is 43.1 Å². The van der Waals surface area contributed by atoms with Crippen LogP contribution in [0.5, 0.6) is 0 Å². The largest absolute Gasteiger partial charge is 0.339 e. The summed E-state index contributed by atoms with van der Waals surface area (Å²) in [6.45, 7) is 5.40. The van der Waals surface area contributed by atoms with Crippen molar-refractivity contribution in [3.05, 3.63) is 71.8 Å². The Balaban J connectivity index is 1.63. The van der Waals surface area contributed by atoms with Crippen LogP contribution in [0.25, 0.3) is 0 Å². The van der Waals surface area contributed by atoms with E-state index in [4.69, 9.17) is 9.47 Å². The summed E-state index contributed by atoms with van der Waals surface area (Å²) in [5, 5.41) is 0. The van der Waals surface area contributed by atoms with Gasteiger partial charge in [-0.2, -0.15) is 0 Å². The summed E-state index contributed by atoms with van der Waals surface area (Å²) in [4.78, 5) is 2.46. The van der Waals surface area contributed by atoms with Crippen LogP contribution in [-0.2, 0) is 9.47 Å². The van der Waals surface area contributed by atoms with Crippen LogP contribution in [0, 0.1) is 0 Å². The summed E-state index contributed by atoms with van der Waals surface area (Å²) in [5.41, 5.74) is 2.39. The number of ether oxygens (including phenoxy) is 2. The molecule has 2 aromatic carbocycles. The fourth-order valence-corrected chi connectivity index (χ4v) is 3.83. The van der Waals surface area contributed by atoms with Crippen LogP contribution in [0.15, 0.2) is 60.7 Å². The molecule has 2 aliphatic heterocycles. The molecule has 24 heavy (non-hydrogen) atoms. The molecule has 4 rings (SSSR count). The minimum absolute atomic E-state index is 0.0400. The highest BCUT2D eigenvalue weighted by Gasteiger charge is 2.49. The first-order valence-corrected chi connectivity index (χ1v) is 8.97.